The third-order valence-electron chi connectivity index (χ3n) is 3.71. The number of aliphatic imine (C=N–C) groups is 1. The molecule has 2 aliphatic heterocycles. The van der Waals surface area contributed by atoms with Gasteiger partial charge in [0.1, 0.15) is 0 Å². The minimum atomic E-state index is 0.0460. The lowest BCUT2D eigenvalue weighted by Crippen LogP contribution is -2.54. The highest BCUT2D eigenvalue weighted by molar-refractivity contribution is 6.17. The fraction of sp³-hybridized carbons (Fsp3) is 0.643. The van der Waals surface area contributed by atoms with Crippen LogP contribution in [-0.2, 0) is 6.54 Å². The molecule has 0 fully saturated rings. The molecule has 0 atom stereocenters. The highest BCUT2D eigenvalue weighted by Gasteiger charge is 2.38. The second-order valence-electron chi connectivity index (χ2n) is 5.25. The van der Waals surface area contributed by atoms with Gasteiger partial charge in [0.2, 0.25) is 5.96 Å². The van der Waals surface area contributed by atoms with Crippen LogP contribution in [0.15, 0.2) is 11.3 Å². The van der Waals surface area contributed by atoms with Crippen LogP contribution >= 0.6 is 0 Å². The van der Waals surface area contributed by atoms with E-state index in [1.165, 1.54) is 0 Å². The zero-order valence-electron chi connectivity index (χ0n) is 12.2. The van der Waals surface area contributed by atoms with Crippen molar-refractivity contribution >= 4 is 17.7 Å². The molecular weight excluding hydrogens is 254 g/mol. The summed E-state index contributed by atoms with van der Waals surface area (Å²) in [5, 5.41) is 0. The van der Waals surface area contributed by atoms with Gasteiger partial charge in [0, 0.05) is 26.2 Å². The molecule has 20 heavy (non-hydrogen) atoms. The lowest BCUT2D eigenvalue weighted by atomic mass is 10.2. The van der Waals surface area contributed by atoms with Gasteiger partial charge in [0.25, 0.3) is 5.91 Å². The predicted octanol–water partition coefficient (Wildman–Crippen LogP) is 1.72. The van der Waals surface area contributed by atoms with Gasteiger partial charge < -0.3 is 4.57 Å². The van der Waals surface area contributed by atoms with E-state index in [0.29, 0.717) is 6.54 Å². The van der Waals surface area contributed by atoms with Crippen molar-refractivity contribution in [2.75, 3.05) is 24.5 Å². The summed E-state index contributed by atoms with van der Waals surface area (Å²) in [6.45, 7) is 7.42. The van der Waals surface area contributed by atoms with Gasteiger partial charge in [-0.2, -0.15) is 0 Å². The van der Waals surface area contributed by atoms with Gasteiger partial charge in [0.05, 0.1) is 6.33 Å². The quantitative estimate of drug-likeness (QED) is 0.841. The first-order valence-corrected chi connectivity index (χ1v) is 7.46. The highest BCUT2D eigenvalue weighted by atomic mass is 16.2. The molecule has 0 saturated heterocycles. The van der Waals surface area contributed by atoms with E-state index in [-0.39, 0.29) is 5.91 Å². The molecule has 0 radical (unpaired) electrons. The number of carbonyl (C=O) groups excluding carboxylic acids is 1. The van der Waals surface area contributed by atoms with Gasteiger partial charge in [-0.05, 0) is 19.3 Å². The van der Waals surface area contributed by atoms with Crippen LogP contribution < -0.4 is 4.90 Å². The van der Waals surface area contributed by atoms with Crippen molar-refractivity contribution < 1.29 is 4.79 Å². The van der Waals surface area contributed by atoms with Crippen LogP contribution in [0.5, 0.6) is 0 Å². The molecule has 2 aliphatic rings. The number of aryl methyl sites for hydroxylation is 1. The molecule has 6 heteroatoms. The summed E-state index contributed by atoms with van der Waals surface area (Å²) in [5.41, 5.74) is 0.723. The van der Waals surface area contributed by atoms with Gasteiger partial charge in [-0.15, -0.1) is 0 Å². The predicted molar refractivity (Wildman–Crippen MR) is 78.1 cm³/mol. The van der Waals surface area contributed by atoms with Gasteiger partial charge >= 0.3 is 0 Å². The molecule has 0 N–H and O–H groups in total. The topological polar surface area (TPSA) is 53.7 Å². The zero-order valence-corrected chi connectivity index (χ0v) is 12.2. The van der Waals surface area contributed by atoms with Gasteiger partial charge in [0.15, 0.2) is 11.5 Å². The Balaban J connectivity index is 2.08. The van der Waals surface area contributed by atoms with Crippen LogP contribution in [0.1, 0.15) is 43.6 Å². The summed E-state index contributed by atoms with van der Waals surface area (Å²) in [6.07, 6.45) is 4.71. The number of aromatic nitrogens is 2. The van der Waals surface area contributed by atoms with Gasteiger partial charge in [-0.3, -0.25) is 19.6 Å². The van der Waals surface area contributed by atoms with Crippen molar-refractivity contribution in [1.29, 1.82) is 0 Å². The average Bonchev–Trinajstić information content (AvgIpc) is 2.88. The fourth-order valence-electron chi connectivity index (χ4n) is 2.87. The number of fused-ring (bicyclic) bond motifs is 3. The first-order chi connectivity index (χ1) is 9.77. The normalized spacial score (nSPS) is 17.9. The van der Waals surface area contributed by atoms with Crippen molar-refractivity contribution in [3.05, 3.63) is 12.0 Å². The van der Waals surface area contributed by atoms with Crippen LogP contribution in [0.3, 0.4) is 0 Å². The molecule has 0 unspecified atom stereocenters. The zero-order chi connectivity index (χ0) is 14.1. The van der Waals surface area contributed by atoms with E-state index in [2.05, 4.69) is 28.7 Å². The Morgan fingerprint density at radius 2 is 2.05 bits per heavy atom. The van der Waals surface area contributed by atoms with Crippen LogP contribution in [0, 0.1) is 0 Å². The minimum absolute atomic E-state index is 0.0460. The van der Waals surface area contributed by atoms with Crippen molar-refractivity contribution in [2.45, 2.75) is 39.7 Å². The van der Waals surface area contributed by atoms with Crippen LogP contribution in [0.4, 0.5) is 5.82 Å². The molecule has 108 valence electrons. The Morgan fingerprint density at radius 3 is 2.80 bits per heavy atom. The van der Waals surface area contributed by atoms with Crippen LogP contribution in [-0.4, -0.2) is 46.0 Å². The van der Waals surface area contributed by atoms with Crippen molar-refractivity contribution in [3.63, 3.8) is 0 Å². The summed E-state index contributed by atoms with van der Waals surface area (Å²) >= 11 is 0. The molecule has 0 aromatic carbocycles. The standard InChI is InChI=1S/C14H21N5O/c1-3-7-17-10-16-12-11(17)13(20)19(8-4-2)14-15-6-5-9-18(12)14/h10H,3-9H2,1-2H3. The van der Waals surface area contributed by atoms with E-state index in [0.717, 1.165) is 56.4 Å². The summed E-state index contributed by atoms with van der Waals surface area (Å²) in [7, 11) is 0. The molecule has 1 aromatic rings. The van der Waals surface area contributed by atoms with E-state index in [4.69, 9.17) is 0 Å². The Labute approximate surface area is 119 Å². The molecule has 0 spiro atoms. The smallest absolute Gasteiger partial charge is 0.281 e. The SMILES string of the molecule is CCCN1C(=O)c2c(ncn2CCC)N2CCCN=C12. The fourth-order valence-corrected chi connectivity index (χ4v) is 2.87. The minimum Gasteiger partial charge on any atom is -0.325 e. The monoisotopic (exact) mass is 275 g/mol. The molecule has 1 aromatic heterocycles. The molecule has 0 aliphatic carbocycles. The summed E-state index contributed by atoms with van der Waals surface area (Å²) < 4.78 is 1.98. The average molecular weight is 275 g/mol. The number of anilines is 1. The van der Waals surface area contributed by atoms with Gasteiger partial charge in [-0.1, -0.05) is 13.8 Å². The lowest BCUT2D eigenvalue weighted by molar-refractivity contribution is 0.0827. The Morgan fingerprint density at radius 1 is 1.25 bits per heavy atom. The van der Waals surface area contributed by atoms with Crippen molar-refractivity contribution in [1.82, 2.24) is 14.5 Å². The van der Waals surface area contributed by atoms with Gasteiger partial charge in [-0.25, -0.2) is 4.98 Å². The molecular formula is C14H21N5O. The van der Waals surface area contributed by atoms with E-state index < -0.39 is 0 Å². The first-order valence-electron chi connectivity index (χ1n) is 7.46. The summed E-state index contributed by atoms with van der Waals surface area (Å²) in [4.78, 5) is 25.7. The molecule has 3 heterocycles. The van der Waals surface area contributed by atoms with E-state index in [1.807, 2.05) is 9.47 Å². The van der Waals surface area contributed by atoms with E-state index in [9.17, 15) is 4.79 Å². The van der Waals surface area contributed by atoms with Crippen molar-refractivity contribution in [2.24, 2.45) is 4.99 Å². The summed E-state index contributed by atoms with van der Waals surface area (Å²) in [6, 6.07) is 0. The number of amides is 1. The van der Waals surface area contributed by atoms with Crippen LogP contribution in [0.2, 0.25) is 0 Å². The maximum absolute atomic E-state index is 12.8. The number of guanidine groups is 1. The van der Waals surface area contributed by atoms with E-state index >= 15 is 0 Å². The Kier molecular flexibility index (Phi) is 3.46. The summed E-state index contributed by atoms with van der Waals surface area (Å²) in [5.74, 6) is 1.62. The van der Waals surface area contributed by atoms with Crippen molar-refractivity contribution in [3.8, 4) is 0 Å². The largest absolute Gasteiger partial charge is 0.325 e. The third-order valence-corrected chi connectivity index (χ3v) is 3.71. The molecule has 0 saturated carbocycles. The Hall–Kier alpha value is -1.85. The number of imidazole rings is 1. The first kappa shape index (κ1) is 13.1. The number of nitrogens with zero attached hydrogens (tertiary/aromatic N) is 5. The molecule has 1 amide bonds. The number of carbonyl (C=O) groups is 1. The molecule has 3 rings (SSSR count). The highest BCUT2D eigenvalue weighted by Crippen LogP contribution is 2.29. The lowest BCUT2D eigenvalue weighted by Gasteiger charge is -2.38. The molecule has 6 nitrogen and oxygen atoms in total. The van der Waals surface area contributed by atoms with Crippen LogP contribution in [0.25, 0.3) is 0 Å². The maximum Gasteiger partial charge on any atom is 0.281 e. The second kappa shape index (κ2) is 5.26. The van der Waals surface area contributed by atoms with E-state index in [1.54, 1.807) is 6.33 Å². The number of hydrogen-bond donors (Lipinski definition) is 0. The second-order valence-corrected chi connectivity index (χ2v) is 5.25. The third kappa shape index (κ3) is 1.90. The number of rotatable bonds is 4. The maximum atomic E-state index is 12.8. The number of hydrogen-bond acceptors (Lipinski definition) is 4. The Bertz CT molecular complexity index is 548. The molecule has 0 bridgehead atoms.